The van der Waals surface area contributed by atoms with Crippen LogP contribution in [0.25, 0.3) is 0 Å². The first-order chi connectivity index (χ1) is 13.1. The quantitative estimate of drug-likeness (QED) is 0.813. The first-order valence-electron chi connectivity index (χ1n) is 9.38. The van der Waals surface area contributed by atoms with Crippen molar-refractivity contribution >= 4 is 5.91 Å². The number of fused-ring (bicyclic) bond motifs is 1. The number of nitrogens with zero attached hydrogens (tertiary/aromatic N) is 2. The lowest BCUT2D eigenvalue weighted by Gasteiger charge is -2.19. The predicted molar refractivity (Wildman–Crippen MR) is 104 cm³/mol. The van der Waals surface area contributed by atoms with Crippen molar-refractivity contribution in [1.29, 1.82) is 0 Å². The second-order valence-corrected chi connectivity index (χ2v) is 6.89. The van der Waals surface area contributed by atoms with Gasteiger partial charge in [-0.25, -0.2) is 0 Å². The first kappa shape index (κ1) is 19.2. The minimum atomic E-state index is -0.0849. The van der Waals surface area contributed by atoms with Crippen LogP contribution in [-0.4, -0.2) is 42.6 Å². The maximum Gasteiger partial charge on any atom is 0.221 e. The lowest BCUT2D eigenvalue weighted by atomic mass is 10.1. The number of benzene rings is 1. The van der Waals surface area contributed by atoms with Crippen molar-refractivity contribution in [3.05, 3.63) is 53.9 Å². The van der Waals surface area contributed by atoms with Crippen LogP contribution in [0.2, 0.25) is 0 Å². The number of hydrogen-bond donors (Lipinski definition) is 1. The Balaban J connectivity index is 1.48. The molecule has 1 aliphatic rings. The highest BCUT2D eigenvalue weighted by Gasteiger charge is 2.15. The molecule has 2 aromatic rings. The summed E-state index contributed by atoms with van der Waals surface area (Å²) in [4.78, 5) is 18.6. The fourth-order valence-electron chi connectivity index (χ4n) is 3.02. The summed E-state index contributed by atoms with van der Waals surface area (Å²) in [5, 5.41) is 3.06. The van der Waals surface area contributed by atoms with E-state index < -0.39 is 0 Å². The van der Waals surface area contributed by atoms with E-state index in [4.69, 9.17) is 9.47 Å². The molecule has 3 rings (SSSR count). The second-order valence-electron chi connectivity index (χ2n) is 6.89. The summed E-state index contributed by atoms with van der Waals surface area (Å²) in [7, 11) is 2.01. The van der Waals surface area contributed by atoms with Crippen LogP contribution in [-0.2, 0) is 11.3 Å². The third-order valence-electron chi connectivity index (χ3n) is 4.54. The molecule has 1 N–H and O–H groups in total. The van der Waals surface area contributed by atoms with Gasteiger partial charge in [0.2, 0.25) is 5.91 Å². The van der Waals surface area contributed by atoms with Gasteiger partial charge in [-0.2, -0.15) is 0 Å². The average molecular weight is 369 g/mol. The highest BCUT2D eigenvalue weighted by Crippen LogP contribution is 2.32. The first-order valence-corrected chi connectivity index (χ1v) is 9.38. The fraction of sp³-hybridized carbons (Fsp3) is 0.429. The Morgan fingerprint density at radius 1 is 1.26 bits per heavy atom. The summed E-state index contributed by atoms with van der Waals surface area (Å²) in [5.41, 5.74) is 2.15. The van der Waals surface area contributed by atoms with Crippen molar-refractivity contribution in [2.45, 2.75) is 32.4 Å². The maximum absolute atomic E-state index is 12.3. The van der Waals surface area contributed by atoms with E-state index >= 15 is 0 Å². The second kappa shape index (κ2) is 9.37. The number of amides is 1. The number of nitrogens with one attached hydrogen (secondary N) is 1. The number of hydrogen-bond acceptors (Lipinski definition) is 5. The van der Waals surface area contributed by atoms with Crippen LogP contribution in [0.15, 0.2) is 42.7 Å². The Bertz CT molecular complexity index is 752. The van der Waals surface area contributed by atoms with Gasteiger partial charge in [-0.15, -0.1) is 0 Å². The number of pyridine rings is 1. The molecule has 0 saturated carbocycles. The maximum atomic E-state index is 12.3. The minimum absolute atomic E-state index is 0.0349. The molecule has 0 saturated heterocycles. The third kappa shape index (κ3) is 5.69. The van der Waals surface area contributed by atoms with Gasteiger partial charge in [-0.1, -0.05) is 12.1 Å². The van der Waals surface area contributed by atoms with Crippen molar-refractivity contribution in [2.24, 2.45) is 0 Å². The van der Waals surface area contributed by atoms with Gasteiger partial charge in [0.15, 0.2) is 11.5 Å². The van der Waals surface area contributed by atoms with E-state index in [1.807, 2.05) is 50.5 Å². The number of carbonyl (C=O) groups excluding carboxylic acids is 1. The summed E-state index contributed by atoms with van der Waals surface area (Å²) in [6, 6.07) is 9.73. The molecular weight excluding hydrogens is 342 g/mol. The van der Waals surface area contributed by atoms with Gasteiger partial charge < -0.3 is 19.7 Å². The molecule has 0 bridgehead atoms. The zero-order chi connectivity index (χ0) is 19.1. The molecule has 1 amide bonds. The Kier molecular flexibility index (Phi) is 6.65. The van der Waals surface area contributed by atoms with Crippen LogP contribution in [0.3, 0.4) is 0 Å². The van der Waals surface area contributed by atoms with Gasteiger partial charge in [0.05, 0.1) is 19.3 Å². The third-order valence-corrected chi connectivity index (χ3v) is 4.54. The highest BCUT2D eigenvalue weighted by molar-refractivity contribution is 5.76. The molecule has 2 heterocycles. The van der Waals surface area contributed by atoms with Crippen LogP contribution in [0, 0.1) is 0 Å². The molecule has 0 spiro atoms. The summed E-state index contributed by atoms with van der Waals surface area (Å²) in [6.07, 6.45) is 4.94. The van der Waals surface area contributed by atoms with E-state index in [2.05, 4.69) is 15.2 Å². The molecule has 6 heteroatoms. The van der Waals surface area contributed by atoms with Gasteiger partial charge in [-0.05, 0) is 43.3 Å². The summed E-state index contributed by atoms with van der Waals surface area (Å²) in [5.74, 6) is 1.56. The van der Waals surface area contributed by atoms with Crippen LogP contribution in [0.4, 0.5) is 0 Å². The fourth-order valence-corrected chi connectivity index (χ4v) is 3.02. The van der Waals surface area contributed by atoms with Crippen LogP contribution < -0.4 is 14.8 Å². The van der Waals surface area contributed by atoms with Crippen molar-refractivity contribution in [2.75, 3.05) is 26.8 Å². The number of ether oxygens (including phenoxy) is 2. The van der Waals surface area contributed by atoms with Gasteiger partial charge >= 0.3 is 0 Å². The van der Waals surface area contributed by atoms with Crippen LogP contribution in [0.5, 0.6) is 11.5 Å². The average Bonchev–Trinajstić information content (AvgIpc) is 2.92. The number of carbonyl (C=O) groups is 1. The summed E-state index contributed by atoms with van der Waals surface area (Å²) >= 11 is 0. The molecule has 0 aliphatic carbocycles. The molecular formula is C21H27N3O3. The minimum Gasteiger partial charge on any atom is -0.490 e. The molecule has 0 fully saturated rings. The van der Waals surface area contributed by atoms with E-state index in [0.717, 1.165) is 35.6 Å². The Hall–Kier alpha value is -2.60. The van der Waals surface area contributed by atoms with Gasteiger partial charge in [-0.3, -0.25) is 9.78 Å². The smallest absolute Gasteiger partial charge is 0.221 e. The van der Waals surface area contributed by atoms with E-state index in [9.17, 15) is 4.79 Å². The molecule has 1 atom stereocenters. The van der Waals surface area contributed by atoms with Gasteiger partial charge in [0.25, 0.3) is 0 Å². The highest BCUT2D eigenvalue weighted by atomic mass is 16.5. The zero-order valence-electron chi connectivity index (χ0n) is 16.0. The van der Waals surface area contributed by atoms with Crippen molar-refractivity contribution < 1.29 is 14.3 Å². The van der Waals surface area contributed by atoms with E-state index in [-0.39, 0.29) is 11.9 Å². The largest absolute Gasteiger partial charge is 0.490 e. The number of rotatable bonds is 7. The molecule has 6 nitrogen and oxygen atoms in total. The summed E-state index contributed by atoms with van der Waals surface area (Å²) < 4.78 is 11.4. The lowest BCUT2D eigenvalue weighted by Crippen LogP contribution is -2.30. The van der Waals surface area contributed by atoms with Gasteiger partial charge in [0, 0.05) is 38.3 Å². The van der Waals surface area contributed by atoms with Crippen molar-refractivity contribution in [3.8, 4) is 11.5 Å². The SMILES string of the molecule is CC(NC(=O)CCN(C)Cc1cccnc1)c1ccc2c(c1)OCCCO2. The van der Waals surface area contributed by atoms with Crippen LogP contribution >= 0.6 is 0 Å². The molecule has 1 aromatic carbocycles. The predicted octanol–water partition coefficient (Wildman–Crippen LogP) is 2.94. The molecule has 1 aromatic heterocycles. The molecule has 0 radical (unpaired) electrons. The Morgan fingerprint density at radius 3 is 2.85 bits per heavy atom. The molecule has 27 heavy (non-hydrogen) atoms. The van der Waals surface area contributed by atoms with E-state index in [1.165, 1.54) is 0 Å². The van der Waals surface area contributed by atoms with Crippen molar-refractivity contribution in [3.63, 3.8) is 0 Å². The lowest BCUT2D eigenvalue weighted by molar-refractivity contribution is -0.122. The van der Waals surface area contributed by atoms with Gasteiger partial charge in [0.1, 0.15) is 0 Å². The topological polar surface area (TPSA) is 63.7 Å². The normalized spacial score (nSPS) is 14.5. The molecule has 144 valence electrons. The van der Waals surface area contributed by atoms with Crippen molar-refractivity contribution in [1.82, 2.24) is 15.2 Å². The zero-order valence-corrected chi connectivity index (χ0v) is 16.0. The molecule has 1 unspecified atom stereocenters. The number of aromatic nitrogens is 1. The Labute approximate surface area is 160 Å². The molecule has 1 aliphatic heterocycles. The monoisotopic (exact) mass is 369 g/mol. The standard InChI is InChI=1S/C21H27N3O3/c1-16(18-6-7-19-20(13-18)27-12-4-11-26-19)23-21(25)8-10-24(2)15-17-5-3-9-22-14-17/h3,5-7,9,13-14,16H,4,8,10-12,15H2,1-2H3,(H,23,25). The van der Waals surface area contributed by atoms with Crippen LogP contribution in [0.1, 0.15) is 36.9 Å². The summed E-state index contributed by atoms with van der Waals surface area (Å²) in [6.45, 7) is 4.77. The Morgan fingerprint density at radius 2 is 2.07 bits per heavy atom. The van der Waals surface area contributed by atoms with E-state index in [1.54, 1.807) is 6.20 Å². The van der Waals surface area contributed by atoms with E-state index in [0.29, 0.717) is 26.2 Å².